The molecular formula is C22H31N3O3S. The molecule has 0 saturated heterocycles. The largest absolute Gasteiger partial charge is 0.493 e. The Bertz CT molecular complexity index is 923. The Labute approximate surface area is 174 Å². The van der Waals surface area contributed by atoms with Gasteiger partial charge in [0.15, 0.2) is 15.8 Å². The lowest BCUT2D eigenvalue weighted by Gasteiger charge is -2.15. The highest BCUT2D eigenvalue weighted by Gasteiger charge is 2.07. The number of benzene rings is 2. The summed E-state index contributed by atoms with van der Waals surface area (Å²) in [5, 5.41) is 6.58. The Morgan fingerprint density at radius 3 is 2.41 bits per heavy atom. The van der Waals surface area contributed by atoms with Crippen LogP contribution in [-0.4, -0.2) is 33.8 Å². The van der Waals surface area contributed by atoms with Gasteiger partial charge in [-0.15, -0.1) is 0 Å². The molecule has 0 saturated carbocycles. The van der Waals surface area contributed by atoms with Crippen molar-refractivity contribution < 1.29 is 13.2 Å². The Balaban J connectivity index is 2.06. The van der Waals surface area contributed by atoms with Crippen LogP contribution in [0.4, 0.5) is 0 Å². The number of hydrogen-bond donors (Lipinski definition) is 2. The van der Waals surface area contributed by atoms with Crippen molar-refractivity contribution in [2.75, 3.05) is 19.4 Å². The van der Waals surface area contributed by atoms with E-state index in [1.165, 1.54) is 6.26 Å². The topological polar surface area (TPSA) is 79.8 Å². The Hall–Kier alpha value is -2.54. The molecule has 0 aromatic heterocycles. The van der Waals surface area contributed by atoms with Gasteiger partial charge in [-0.2, -0.15) is 0 Å². The van der Waals surface area contributed by atoms with Gasteiger partial charge in [-0.3, -0.25) is 0 Å². The molecule has 0 atom stereocenters. The monoisotopic (exact) mass is 417 g/mol. The SMILES string of the molecule is CCCOc1cc(C)ccc1CNC(=NCc1ccc(S(C)(=O)=O)cc1)NCC. The molecule has 0 heterocycles. The van der Waals surface area contributed by atoms with Crippen molar-refractivity contribution in [3.63, 3.8) is 0 Å². The third-order valence-corrected chi connectivity index (χ3v) is 5.37. The summed E-state index contributed by atoms with van der Waals surface area (Å²) in [5.74, 6) is 1.59. The van der Waals surface area contributed by atoms with Crippen molar-refractivity contribution in [2.45, 2.75) is 45.2 Å². The lowest BCUT2D eigenvalue weighted by atomic mass is 10.1. The number of aryl methyl sites for hydroxylation is 1. The zero-order chi connectivity index (χ0) is 21.3. The van der Waals surface area contributed by atoms with Gasteiger partial charge in [-0.25, -0.2) is 13.4 Å². The summed E-state index contributed by atoms with van der Waals surface area (Å²) in [5.41, 5.74) is 3.18. The second kappa shape index (κ2) is 10.9. The molecule has 2 aromatic rings. The van der Waals surface area contributed by atoms with Crippen LogP contribution >= 0.6 is 0 Å². The summed E-state index contributed by atoms with van der Waals surface area (Å²) < 4.78 is 29.0. The summed E-state index contributed by atoms with van der Waals surface area (Å²) in [6.07, 6.45) is 2.17. The molecule has 0 aliphatic heterocycles. The van der Waals surface area contributed by atoms with E-state index < -0.39 is 9.84 Å². The van der Waals surface area contributed by atoms with Crippen molar-refractivity contribution in [3.05, 3.63) is 59.2 Å². The average molecular weight is 418 g/mol. The highest BCUT2D eigenvalue weighted by Crippen LogP contribution is 2.20. The van der Waals surface area contributed by atoms with E-state index in [4.69, 9.17) is 4.74 Å². The predicted octanol–water partition coefficient (Wildman–Crippen LogP) is 3.44. The van der Waals surface area contributed by atoms with E-state index >= 15 is 0 Å². The Kier molecular flexibility index (Phi) is 8.51. The van der Waals surface area contributed by atoms with Crippen molar-refractivity contribution in [2.24, 2.45) is 4.99 Å². The molecule has 0 spiro atoms. The molecule has 2 N–H and O–H groups in total. The van der Waals surface area contributed by atoms with Gasteiger partial charge >= 0.3 is 0 Å². The molecule has 2 aromatic carbocycles. The fraction of sp³-hybridized carbons (Fsp3) is 0.409. The van der Waals surface area contributed by atoms with E-state index in [-0.39, 0.29) is 0 Å². The number of nitrogens with one attached hydrogen (secondary N) is 2. The van der Waals surface area contributed by atoms with Gasteiger partial charge < -0.3 is 15.4 Å². The van der Waals surface area contributed by atoms with E-state index in [1.807, 2.05) is 6.92 Å². The molecule has 29 heavy (non-hydrogen) atoms. The second-order valence-electron chi connectivity index (χ2n) is 6.92. The van der Waals surface area contributed by atoms with Gasteiger partial charge in [0.1, 0.15) is 5.75 Å². The lowest BCUT2D eigenvalue weighted by Crippen LogP contribution is -2.36. The van der Waals surface area contributed by atoms with Gasteiger partial charge in [0.05, 0.1) is 18.0 Å². The molecule has 0 amide bonds. The van der Waals surface area contributed by atoms with Crippen LogP contribution in [0.5, 0.6) is 5.75 Å². The van der Waals surface area contributed by atoms with Crippen molar-refractivity contribution in [3.8, 4) is 5.75 Å². The fourth-order valence-corrected chi connectivity index (χ4v) is 3.32. The maximum absolute atomic E-state index is 11.6. The van der Waals surface area contributed by atoms with Gasteiger partial charge in [0, 0.05) is 24.9 Å². The van der Waals surface area contributed by atoms with Crippen LogP contribution in [-0.2, 0) is 22.9 Å². The number of guanidine groups is 1. The summed E-state index contributed by atoms with van der Waals surface area (Å²) in [7, 11) is -3.19. The third-order valence-electron chi connectivity index (χ3n) is 4.25. The minimum absolute atomic E-state index is 0.314. The number of ether oxygens (including phenoxy) is 1. The molecule has 0 unspecified atom stereocenters. The molecular weight excluding hydrogens is 386 g/mol. The standard InChI is InChI=1S/C22H31N3O3S/c1-5-13-28-21-14-17(3)7-10-19(21)16-25-22(23-6-2)24-15-18-8-11-20(12-9-18)29(4,26)27/h7-12,14H,5-6,13,15-16H2,1-4H3,(H2,23,24,25). The van der Waals surface area contributed by atoms with Crippen LogP contribution in [0, 0.1) is 6.92 Å². The zero-order valence-electron chi connectivity index (χ0n) is 17.7. The van der Waals surface area contributed by atoms with E-state index in [0.29, 0.717) is 30.6 Å². The molecule has 2 rings (SSSR count). The van der Waals surface area contributed by atoms with E-state index in [0.717, 1.165) is 35.4 Å². The maximum Gasteiger partial charge on any atom is 0.191 e. The van der Waals surface area contributed by atoms with Crippen LogP contribution in [0.25, 0.3) is 0 Å². The number of aliphatic imine (C=N–C) groups is 1. The second-order valence-corrected chi connectivity index (χ2v) is 8.94. The van der Waals surface area contributed by atoms with E-state index in [1.54, 1.807) is 24.3 Å². The Morgan fingerprint density at radius 1 is 1.07 bits per heavy atom. The molecule has 0 fully saturated rings. The first-order valence-electron chi connectivity index (χ1n) is 9.87. The molecule has 158 valence electrons. The number of rotatable bonds is 9. The molecule has 0 bridgehead atoms. The van der Waals surface area contributed by atoms with Gasteiger partial charge in [-0.1, -0.05) is 31.2 Å². The maximum atomic E-state index is 11.6. The first-order valence-corrected chi connectivity index (χ1v) is 11.8. The van der Waals surface area contributed by atoms with Gasteiger partial charge in [0.2, 0.25) is 0 Å². The first-order chi connectivity index (χ1) is 13.8. The van der Waals surface area contributed by atoms with Crippen LogP contribution in [0.3, 0.4) is 0 Å². The predicted molar refractivity (Wildman–Crippen MR) is 118 cm³/mol. The fourth-order valence-electron chi connectivity index (χ4n) is 2.69. The van der Waals surface area contributed by atoms with Crippen molar-refractivity contribution in [1.82, 2.24) is 10.6 Å². The molecule has 7 heteroatoms. The minimum Gasteiger partial charge on any atom is -0.493 e. The zero-order valence-corrected chi connectivity index (χ0v) is 18.5. The highest BCUT2D eigenvalue weighted by molar-refractivity contribution is 7.90. The lowest BCUT2D eigenvalue weighted by molar-refractivity contribution is 0.313. The molecule has 0 radical (unpaired) electrons. The summed E-state index contributed by atoms with van der Waals surface area (Å²) in [4.78, 5) is 4.92. The molecule has 6 nitrogen and oxygen atoms in total. The smallest absolute Gasteiger partial charge is 0.191 e. The van der Waals surface area contributed by atoms with Crippen LogP contribution < -0.4 is 15.4 Å². The summed E-state index contributed by atoms with van der Waals surface area (Å²) in [6, 6.07) is 13.0. The normalized spacial score (nSPS) is 11.9. The molecule has 0 aliphatic carbocycles. The van der Waals surface area contributed by atoms with Gasteiger partial charge in [-0.05, 0) is 49.6 Å². The Morgan fingerprint density at radius 2 is 1.79 bits per heavy atom. The summed E-state index contributed by atoms with van der Waals surface area (Å²) in [6.45, 7) is 8.63. The van der Waals surface area contributed by atoms with E-state index in [2.05, 4.69) is 47.7 Å². The van der Waals surface area contributed by atoms with Crippen LogP contribution in [0.1, 0.15) is 37.0 Å². The van der Waals surface area contributed by atoms with Gasteiger partial charge in [0.25, 0.3) is 0 Å². The number of sulfone groups is 1. The minimum atomic E-state index is -3.19. The highest BCUT2D eigenvalue weighted by atomic mass is 32.2. The number of nitrogens with zero attached hydrogens (tertiary/aromatic N) is 1. The summed E-state index contributed by atoms with van der Waals surface area (Å²) >= 11 is 0. The molecule has 0 aliphatic rings. The van der Waals surface area contributed by atoms with Crippen LogP contribution in [0.15, 0.2) is 52.4 Å². The van der Waals surface area contributed by atoms with Crippen molar-refractivity contribution >= 4 is 15.8 Å². The number of hydrogen-bond acceptors (Lipinski definition) is 4. The van der Waals surface area contributed by atoms with Crippen molar-refractivity contribution in [1.29, 1.82) is 0 Å². The average Bonchev–Trinajstić information content (AvgIpc) is 2.69. The van der Waals surface area contributed by atoms with E-state index in [9.17, 15) is 8.42 Å². The first kappa shape index (κ1) is 22.7. The quantitative estimate of drug-likeness (QED) is 0.483. The van der Waals surface area contributed by atoms with Crippen LogP contribution in [0.2, 0.25) is 0 Å². The third kappa shape index (κ3) is 7.42.